The molecular weight excluding hydrogens is 989 g/mol. The highest BCUT2D eigenvalue weighted by Gasteiger charge is 2.26. The maximum Gasteiger partial charge on any atom is 0.251 e. The fourth-order valence-corrected chi connectivity index (χ4v) is 12.4. The highest BCUT2D eigenvalue weighted by atomic mass is 79.9. The Balaban J connectivity index is 0.000000164. The van der Waals surface area contributed by atoms with E-state index >= 15 is 0 Å². The van der Waals surface area contributed by atoms with Gasteiger partial charge in [0.25, 0.3) is 11.8 Å². The Labute approximate surface area is 423 Å². The Morgan fingerprint density at radius 2 is 1.16 bits per heavy atom. The lowest BCUT2D eigenvalue weighted by Gasteiger charge is -2.22. The number of fused-ring (bicyclic) bond motifs is 2. The summed E-state index contributed by atoms with van der Waals surface area (Å²) in [5.41, 5.74) is 10.5. The van der Waals surface area contributed by atoms with Gasteiger partial charge < -0.3 is 26.4 Å². The molecule has 358 valence electrons. The Morgan fingerprint density at radius 3 is 1.65 bits per heavy atom. The van der Waals surface area contributed by atoms with Gasteiger partial charge in [-0.25, -0.2) is 19.0 Å². The molecule has 0 spiro atoms. The SMILES string of the molecule is Cc1cc(-c2cnc3c(NCC4CCSCC4)cc(Br)nn23)ccc1C(=O)NC1CC1.Cc1cc(-c2cnc3c(NCC4CCSCC4)cc(Sc4ccccc4O)nn23)ccc1C(=O)NC1CC1. The number of hydrogen-bond acceptors (Lipinski definition) is 12. The number of hydrogen-bond donors (Lipinski definition) is 5. The summed E-state index contributed by atoms with van der Waals surface area (Å²) in [5, 5.41) is 34.1. The van der Waals surface area contributed by atoms with Crippen LogP contribution >= 0.6 is 51.2 Å². The van der Waals surface area contributed by atoms with E-state index in [4.69, 9.17) is 10.1 Å². The number of rotatable bonds is 14. The molecule has 3 aromatic carbocycles. The van der Waals surface area contributed by atoms with Gasteiger partial charge in [-0.1, -0.05) is 36.0 Å². The van der Waals surface area contributed by atoms with Crippen molar-refractivity contribution < 1.29 is 14.7 Å². The van der Waals surface area contributed by atoms with Gasteiger partial charge in [-0.3, -0.25) is 9.59 Å². The molecule has 0 atom stereocenters. The Bertz CT molecular complexity index is 3000. The van der Waals surface area contributed by atoms with Crippen molar-refractivity contribution in [1.29, 1.82) is 0 Å². The number of anilines is 2. The number of amides is 2. The number of nitrogens with one attached hydrogen (secondary N) is 4. The molecule has 6 heterocycles. The summed E-state index contributed by atoms with van der Waals surface area (Å²) in [4.78, 5) is 35.3. The predicted molar refractivity (Wildman–Crippen MR) is 284 cm³/mol. The average molecular weight is 1050 g/mol. The van der Waals surface area contributed by atoms with E-state index in [0.717, 1.165) is 115 Å². The van der Waals surface area contributed by atoms with Gasteiger partial charge in [-0.15, -0.1) is 0 Å². The van der Waals surface area contributed by atoms with Crippen molar-refractivity contribution in [3.8, 4) is 28.3 Å². The third-order valence-corrected chi connectivity index (χ3v) is 16.6. The van der Waals surface area contributed by atoms with E-state index < -0.39 is 0 Å². The van der Waals surface area contributed by atoms with Crippen LogP contribution in [0.25, 0.3) is 33.8 Å². The standard InChI is InChI=1S/C29H31N5O2S2.C23H26BrN5OS/c1-18-14-20(6-9-22(18)29(36)32-21-7-8-21)24-17-31-28-23(30-16-19-10-12-37-13-11-19)15-27(33-34(24)28)38-26-5-3-2-4-25(26)35;1-14-10-16(2-5-18(14)23(30)27-17-3-4-17)20-13-26-22-19(11-21(24)28-29(20)22)25-12-15-6-8-31-9-7-15/h2-6,9,14-15,17,19,21,30,35H,7-8,10-13,16H2,1H3,(H,32,36);2,5,10-11,13,15,17,25H,3-4,6-9,12H2,1H3,(H,27,30). The summed E-state index contributed by atoms with van der Waals surface area (Å²) >= 11 is 9.07. The van der Waals surface area contributed by atoms with Crippen LogP contribution in [0.4, 0.5) is 11.4 Å². The Kier molecular flexibility index (Phi) is 14.7. The summed E-state index contributed by atoms with van der Waals surface area (Å²) in [6, 6.07) is 23.8. The first-order valence-electron chi connectivity index (χ1n) is 24.0. The van der Waals surface area contributed by atoms with Crippen molar-refractivity contribution >= 4 is 85.7 Å². The Hall–Kier alpha value is -5.23. The first-order chi connectivity index (χ1) is 33.6. The van der Waals surface area contributed by atoms with Gasteiger partial charge in [0.05, 0.1) is 40.1 Å². The molecule has 13 nitrogen and oxygen atoms in total. The zero-order chi connectivity index (χ0) is 47.4. The van der Waals surface area contributed by atoms with E-state index in [2.05, 4.69) is 47.3 Å². The zero-order valence-electron chi connectivity index (χ0n) is 38.8. The number of aromatic nitrogens is 6. The fraction of sp³-hybridized carbons (Fsp3) is 0.385. The summed E-state index contributed by atoms with van der Waals surface area (Å²) in [7, 11) is 0. The highest BCUT2D eigenvalue weighted by Crippen LogP contribution is 2.37. The molecule has 69 heavy (non-hydrogen) atoms. The maximum atomic E-state index is 12.6. The van der Waals surface area contributed by atoms with Crippen molar-refractivity contribution in [1.82, 2.24) is 39.8 Å². The van der Waals surface area contributed by atoms with Gasteiger partial charge in [0.1, 0.15) is 15.4 Å². The van der Waals surface area contributed by atoms with Crippen molar-refractivity contribution in [3.05, 3.63) is 112 Å². The number of thioether (sulfide) groups is 2. The molecule has 2 aliphatic heterocycles. The summed E-state index contributed by atoms with van der Waals surface area (Å²) in [6.07, 6.45) is 13.0. The largest absolute Gasteiger partial charge is 0.507 e. The lowest BCUT2D eigenvalue weighted by Crippen LogP contribution is -2.26. The molecule has 2 amide bonds. The monoisotopic (exact) mass is 1040 g/mol. The fourth-order valence-electron chi connectivity index (χ4n) is 8.79. The first kappa shape index (κ1) is 47.4. The molecule has 2 aliphatic carbocycles. The van der Waals surface area contributed by atoms with Crippen molar-refractivity contribution in [2.75, 3.05) is 46.7 Å². The second-order valence-corrected chi connectivity index (χ2v) is 22.9. The first-order valence-corrected chi connectivity index (χ1v) is 27.9. The number of benzene rings is 3. The topological polar surface area (TPSA) is 163 Å². The minimum atomic E-state index is -0.0122. The number of aromatic hydroxyl groups is 1. The number of phenols is 1. The smallest absolute Gasteiger partial charge is 0.251 e. The van der Waals surface area contributed by atoms with Crippen molar-refractivity contribution in [3.63, 3.8) is 0 Å². The third kappa shape index (κ3) is 11.5. The van der Waals surface area contributed by atoms with Crippen LogP contribution in [0, 0.1) is 25.7 Å². The van der Waals surface area contributed by atoms with E-state index in [1.165, 1.54) is 60.5 Å². The minimum Gasteiger partial charge on any atom is -0.507 e. The molecule has 0 unspecified atom stereocenters. The number of carbonyl (C=O) groups is 2. The van der Waals surface area contributed by atoms with Crippen LogP contribution in [0.2, 0.25) is 0 Å². The number of imidazole rings is 2. The molecule has 0 radical (unpaired) electrons. The van der Waals surface area contributed by atoms with Crippen LogP contribution in [-0.4, -0.2) is 94.3 Å². The molecular formula is C52H57BrN10O3S3. The second kappa shape index (κ2) is 21.4. The summed E-state index contributed by atoms with van der Waals surface area (Å²) in [6.45, 7) is 5.80. The van der Waals surface area contributed by atoms with Crippen LogP contribution in [0.3, 0.4) is 0 Å². The van der Waals surface area contributed by atoms with E-state index in [1.54, 1.807) is 6.07 Å². The molecule has 4 aromatic heterocycles. The molecule has 2 saturated carbocycles. The normalized spacial score (nSPS) is 16.5. The van der Waals surface area contributed by atoms with Gasteiger partial charge in [0.15, 0.2) is 11.3 Å². The van der Waals surface area contributed by atoms with E-state index in [9.17, 15) is 14.7 Å². The molecule has 5 N–H and O–H groups in total. The van der Waals surface area contributed by atoms with Crippen LogP contribution in [0.5, 0.6) is 5.75 Å². The quantitative estimate of drug-likeness (QED) is 0.0702. The van der Waals surface area contributed by atoms with Crippen LogP contribution in [0.1, 0.15) is 83.2 Å². The van der Waals surface area contributed by atoms with E-state index in [0.29, 0.717) is 29.5 Å². The van der Waals surface area contributed by atoms with Gasteiger partial charge in [-0.05, 0) is 176 Å². The van der Waals surface area contributed by atoms with Gasteiger partial charge in [0, 0.05) is 47.4 Å². The molecule has 11 rings (SSSR count). The van der Waals surface area contributed by atoms with Crippen LogP contribution in [0.15, 0.2) is 99.7 Å². The third-order valence-electron chi connectivity index (χ3n) is 13.2. The summed E-state index contributed by atoms with van der Waals surface area (Å²) < 4.78 is 4.51. The lowest BCUT2D eigenvalue weighted by molar-refractivity contribution is 0.0942. The van der Waals surface area contributed by atoms with Crippen LogP contribution in [-0.2, 0) is 0 Å². The number of phenolic OH excluding ortho intramolecular Hbond substituents is 1. The number of nitrogens with zero attached hydrogens (tertiary/aromatic N) is 6. The average Bonchev–Trinajstić information content (AvgIpc) is 4.28. The molecule has 7 aromatic rings. The number of para-hydroxylation sites is 1. The lowest BCUT2D eigenvalue weighted by atomic mass is 10.0. The molecule has 4 fully saturated rings. The minimum absolute atomic E-state index is 0.0122. The second-order valence-electron chi connectivity index (χ2n) is 18.5. The zero-order valence-corrected chi connectivity index (χ0v) is 42.9. The summed E-state index contributed by atoms with van der Waals surface area (Å²) in [5.74, 6) is 6.52. The van der Waals surface area contributed by atoms with Crippen LogP contribution < -0.4 is 21.3 Å². The number of carbonyl (C=O) groups excluding carboxylic acids is 2. The maximum absolute atomic E-state index is 12.6. The van der Waals surface area contributed by atoms with Crippen molar-refractivity contribution in [2.24, 2.45) is 11.8 Å². The molecule has 17 heteroatoms. The molecule has 2 saturated heterocycles. The highest BCUT2D eigenvalue weighted by molar-refractivity contribution is 9.10. The predicted octanol–water partition coefficient (Wildman–Crippen LogP) is 10.9. The number of halogens is 1. The van der Waals surface area contributed by atoms with E-state index in [1.807, 2.05) is 126 Å². The molecule has 4 aliphatic rings. The van der Waals surface area contributed by atoms with Gasteiger partial charge in [-0.2, -0.15) is 33.7 Å². The molecule has 0 bridgehead atoms. The van der Waals surface area contributed by atoms with Gasteiger partial charge in [0.2, 0.25) is 0 Å². The number of aryl methyl sites for hydroxylation is 2. The van der Waals surface area contributed by atoms with E-state index in [-0.39, 0.29) is 17.6 Å². The van der Waals surface area contributed by atoms with Gasteiger partial charge >= 0.3 is 0 Å². The Morgan fingerprint density at radius 1 is 0.667 bits per heavy atom. The van der Waals surface area contributed by atoms with Crippen molar-refractivity contribution in [2.45, 2.75) is 87.2 Å².